The van der Waals surface area contributed by atoms with Gasteiger partial charge in [-0.25, -0.2) is 0 Å². The van der Waals surface area contributed by atoms with E-state index in [1.807, 2.05) is 63.2 Å². The first-order valence-corrected chi connectivity index (χ1v) is 11.3. The SMILES string of the molecule is Cc1ccc2oc3c(c(=O)c2c1)C(c1ccc(C(C)C)cc1)N(c1ccc(C)c(C)c1)C3=O. The van der Waals surface area contributed by atoms with Gasteiger partial charge in [-0.2, -0.15) is 0 Å². The summed E-state index contributed by atoms with van der Waals surface area (Å²) in [6, 6.07) is 19.1. The van der Waals surface area contributed by atoms with Crippen molar-refractivity contribution in [2.45, 2.75) is 46.6 Å². The summed E-state index contributed by atoms with van der Waals surface area (Å²) < 4.78 is 6.08. The zero-order valence-corrected chi connectivity index (χ0v) is 19.6. The molecule has 1 aliphatic heterocycles. The number of benzene rings is 3. The van der Waals surface area contributed by atoms with Crippen molar-refractivity contribution >= 4 is 22.6 Å². The smallest absolute Gasteiger partial charge is 0.295 e. The molecule has 1 aromatic heterocycles. The van der Waals surface area contributed by atoms with E-state index in [2.05, 4.69) is 26.0 Å². The van der Waals surface area contributed by atoms with Crippen LogP contribution in [0.2, 0.25) is 0 Å². The average molecular weight is 438 g/mol. The van der Waals surface area contributed by atoms with E-state index in [1.165, 1.54) is 5.56 Å². The minimum Gasteiger partial charge on any atom is -0.450 e. The molecule has 5 rings (SSSR count). The first-order chi connectivity index (χ1) is 15.8. The number of rotatable bonds is 3. The van der Waals surface area contributed by atoms with Gasteiger partial charge in [0, 0.05) is 5.69 Å². The quantitative estimate of drug-likeness (QED) is 0.363. The van der Waals surface area contributed by atoms with Crippen molar-refractivity contribution in [2.24, 2.45) is 0 Å². The van der Waals surface area contributed by atoms with Gasteiger partial charge in [0.15, 0.2) is 5.43 Å². The summed E-state index contributed by atoms with van der Waals surface area (Å²) in [6.45, 7) is 10.3. The summed E-state index contributed by atoms with van der Waals surface area (Å²) >= 11 is 0. The predicted molar refractivity (Wildman–Crippen MR) is 132 cm³/mol. The van der Waals surface area contributed by atoms with E-state index in [0.717, 1.165) is 27.9 Å². The Balaban J connectivity index is 1.79. The molecule has 0 spiro atoms. The Kier molecular flexibility index (Phi) is 4.97. The molecule has 166 valence electrons. The zero-order valence-electron chi connectivity index (χ0n) is 19.6. The fraction of sp³-hybridized carbons (Fsp3) is 0.241. The molecule has 3 aromatic carbocycles. The van der Waals surface area contributed by atoms with Gasteiger partial charge in [-0.1, -0.05) is 55.8 Å². The number of nitrogens with zero attached hydrogens (tertiary/aromatic N) is 1. The van der Waals surface area contributed by atoms with Crippen molar-refractivity contribution in [3.8, 4) is 0 Å². The van der Waals surface area contributed by atoms with Crippen LogP contribution in [-0.2, 0) is 0 Å². The van der Waals surface area contributed by atoms with Gasteiger partial charge in [0.1, 0.15) is 5.58 Å². The standard InChI is InChI=1S/C29H27NO3/c1-16(2)20-8-10-21(11-9-20)26-25-27(31)23-14-17(3)6-13-24(23)33-28(25)29(32)30(26)22-12-7-18(4)19(5)15-22/h6-16,26H,1-5H3. The Morgan fingerprint density at radius 1 is 0.848 bits per heavy atom. The Morgan fingerprint density at radius 3 is 2.24 bits per heavy atom. The first-order valence-electron chi connectivity index (χ1n) is 11.3. The zero-order chi connectivity index (χ0) is 23.4. The largest absolute Gasteiger partial charge is 0.450 e. The van der Waals surface area contributed by atoms with Crippen LogP contribution in [0.4, 0.5) is 5.69 Å². The monoisotopic (exact) mass is 437 g/mol. The molecular formula is C29H27NO3. The summed E-state index contributed by atoms with van der Waals surface area (Å²) in [5, 5.41) is 0.507. The predicted octanol–water partition coefficient (Wildman–Crippen LogP) is 6.59. The molecule has 0 saturated carbocycles. The van der Waals surface area contributed by atoms with E-state index in [0.29, 0.717) is 22.5 Å². The number of carbonyl (C=O) groups is 1. The average Bonchev–Trinajstić information content (AvgIpc) is 3.09. The van der Waals surface area contributed by atoms with Crippen LogP contribution in [0.5, 0.6) is 0 Å². The number of hydrogen-bond acceptors (Lipinski definition) is 3. The van der Waals surface area contributed by atoms with E-state index in [9.17, 15) is 9.59 Å². The number of hydrogen-bond donors (Lipinski definition) is 0. The van der Waals surface area contributed by atoms with E-state index in [4.69, 9.17) is 4.42 Å². The highest BCUT2D eigenvalue weighted by Crippen LogP contribution is 2.41. The summed E-state index contributed by atoms with van der Waals surface area (Å²) in [6.07, 6.45) is 0. The minimum atomic E-state index is -0.544. The van der Waals surface area contributed by atoms with Gasteiger partial charge in [0.2, 0.25) is 5.76 Å². The van der Waals surface area contributed by atoms with Crippen LogP contribution in [0.3, 0.4) is 0 Å². The Bertz CT molecular complexity index is 1460. The lowest BCUT2D eigenvalue weighted by molar-refractivity contribution is 0.0971. The minimum absolute atomic E-state index is 0.132. The molecule has 0 saturated heterocycles. The Hall–Kier alpha value is -3.66. The second-order valence-corrected chi connectivity index (χ2v) is 9.34. The molecule has 1 unspecified atom stereocenters. The highest BCUT2D eigenvalue weighted by Gasteiger charge is 2.43. The van der Waals surface area contributed by atoms with Crippen molar-refractivity contribution in [1.82, 2.24) is 0 Å². The maximum absolute atomic E-state index is 13.7. The molecule has 33 heavy (non-hydrogen) atoms. The van der Waals surface area contributed by atoms with Crippen LogP contribution < -0.4 is 10.3 Å². The molecule has 0 bridgehead atoms. The van der Waals surface area contributed by atoms with Crippen LogP contribution in [0.15, 0.2) is 69.9 Å². The van der Waals surface area contributed by atoms with Gasteiger partial charge in [-0.15, -0.1) is 0 Å². The van der Waals surface area contributed by atoms with Crippen molar-refractivity contribution in [2.75, 3.05) is 4.90 Å². The van der Waals surface area contributed by atoms with Gasteiger partial charge in [0.05, 0.1) is 17.0 Å². The molecule has 4 heteroatoms. The third kappa shape index (κ3) is 3.37. The van der Waals surface area contributed by atoms with Gasteiger partial charge in [0.25, 0.3) is 5.91 Å². The summed E-state index contributed by atoms with van der Waals surface area (Å²) in [7, 11) is 0. The van der Waals surface area contributed by atoms with E-state index >= 15 is 0 Å². The lowest BCUT2D eigenvalue weighted by atomic mass is 9.94. The molecular weight excluding hydrogens is 410 g/mol. The first kappa shape index (κ1) is 21.2. The van der Waals surface area contributed by atoms with Crippen LogP contribution in [0.1, 0.15) is 69.7 Å². The number of amides is 1. The highest BCUT2D eigenvalue weighted by molar-refractivity contribution is 6.10. The van der Waals surface area contributed by atoms with Crippen molar-refractivity contribution in [1.29, 1.82) is 0 Å². The van der Waals surface area contributed by atoms with Crippen LogP contribution in [0.25, 0.3) is 11.0 Å². The van der Waals surface area contributed by atoms with Gasteiger partial charge < -0.3 is 4.42 Å². The summed E-state index contributed by atoms with van der Waals surface area (Å²) in [4.78, 5) is 29.2. The maximum atomic E-state index is 13.7. The van der Waals surface area contributed by atoms with Crippen LogP contribution in [-0.4, -0.2) is 5.91 Å². The third-order valence-electron chi connectivity index (χ3n) is 6.71. The molecule has 0 radical (unpaired) electrons. The van der Waals surface area contributed by atoms with Crippen LogP contribution in [0, 0.1) is 20.8 Å². The molecule has 2 heterocycles. The van der Waals surface area contributed by atoms with Crippen LogP contribution >= 0.6 is 0 Å². The summed E-state index contributed by atoms with van der Waals surface area (Å²) in [5.41, 5.74) is 6.78. The maximum Gasteiger partial charge on any atom is 0.295 e. The van der Waals surface area contributed by atoms with E-state index < -0.39 is 6.04 Å². The molecule has 4 aromatic rings. The lowest BCUT2D eigenvalue weighted by Crippen LogP contribution is -2.29. The third-order valence-corrected chi connectivity index (χ3v) is 6.71. The van der Waals surface area contributed by atoms with Crippen molar-refractivity contribution in [3.63, 3.8) is 0 Å². The number of carbonyl (C=O) groups excluding carboxylic acids is 1. The number of fused-ring (bicyclic) bond motifs is 2. The molecule has 1 atom stereocenters. The second kappa shape index (κ2) is 7.73. The van der Waals surface area contributed by atoms with E-state index in [1.54, 1.807) is 11.0 Å². The van der Waals surface area contributed by atoms with Crippen molar-refractivity contribution in [3.05, 3.63) is 110 Å². The summed E-state index contributed by atoms with van der Waals surface area (Å²) in [5.74, 6) is 0.239. The lowest BCUT2D eigenvalue weighted by Gasteiger charge is -2.26. The highest BCUT2D eigenvalue weighted by atomic mass is 16.3. The fourth-order valence-electron chi connectivity index (χ4n) is 4.61. The van der Waals surface area contributed by atoms with Crippen molar-refractivity contribution < 1.29 is 9.21 Å². The number of aryl methyl sites for hydroxylation is 3. The molecule has 0 aliphatic carbocycles. The van der Waals surface area contributed by atoms with Gasteiger partial charge >= 0.3 is 0 Å². The molecule has 1 amide bonds. The second-order valence-electron chi connectivity index (χ2n) is 9.34. The molecule has 1 aliphatic rings. The Labute approximate surface area is 193 Å². The molecule has 0 fully saturated rings. The normalized spacial score (nSPS) is 15.5. The topological polar surface area (TPSA) is 50.5 Å². The molecule has 0 N–H and O–H groups in total. The van der Waals surface area contributed by atoms with Gasteiger partial charge in [-0.05, 0) is 73.2 Å². The van der Waals surface area contributed by atoms with E-state index in [-0.39, 0.29) is 17.1 Å². The van der Waals surface area contributed by atoms with Gasteiger partial charge in [-0.3, -0.25) is 14.5 Å². The Morgan fingerprint density at radius 2 is 1.58 bits per heavy atom. The fourth-order valence-corrected chi connectivity index (χ4v) is 4.61. The number of anilines is 1. The molecule has 4 nitrogen and oxygen atoms in total.